The van der Waals surface area contributed by atoms with Crippen LogP contribution < -0.4 is 10.2 Å². The van der Waals surface area contributed by atoms with Crippen LogP contribution in [0, 0.1) is 20.8 Å². The molecule has 0 saturated carbocycles. The molecule has 3 amide bonds. The number of aryl methyl sites for hydroxylation is 3. The lowest BCUT2D eigenvalue weighted by Gasteiger charge is -2.16. The van der Waals surface area contributed by atoms with Gasteiger partial charge in [0, 0.05) is 23.1 Å². The maximum Gasteiger partial charge on any atom is 0.266 e. The molecule has 7 heteroatoms. The number of benzene rings is 3. The predicted molar refractivity (Wildman–Crippen MR) is 142 cm³/mol. The van der Waals surface area contributed by atoms with Crippen molar-refractivity contribution in [3.8, 4) is 11.3 Å². The summed E-state index contributed by atoms with van der Waals surface area (Å²) in [6, 6.07) is 18.4. The summed E-state index contributed by atoms with van der Waals surface area (Å²) >= 11 is 1.62. The van der Waals surface area contributed by atoms with Gasteiger partial charge in [-0.25, -0.2) is 9.88 Å². The Bertz CT molecular complexity index is 1500. The Morgan fingerprint density at radius 2 is 1.67 bits per heavy atom. The van der Waals surface area contributed by atoms with E-state index in [0.29, 0.717) is 29.8 Å². The Morgan fingerprint density at radius 3 is 2.36 bits per heavy atom. The van der Waals surface area contributed by atoms with Gasteiger partial charge < -0.3 is 5.32 Å². The molecule has 180 valence electrons. The number of amides is 3. The van der Waals surface area contributed by atoms with Gasteiger partial charge in [-0.1, -0.05) is 42.0 Å². The van der Waals surface area contributed by atoms with Gasteiger partial charge >= 0.3 is 0 Å². The zero-order valence-corrected chi connectivity index (χ0v) is 21.1. The van der Waals surface area contributed by atoms with Gasteiger partial charge in [0.05, 0.1) is 27.5 Å². The van der Waals surface area contributed by atoms with E-state index < -0.39 is 5.91 Å². The minimum absolute atomic E-state index is 0.250. The summed E-state index contributed by atoms with van der Waals surface area (Å²) in [5, 5.41) is 5.99. The fraction of sp³-hybridized carbons (Fsp3) is 0.172. The normalized spacial score (nSPS) is 12.7. The van der Waals surface area contributed by atoms with Crippen LogP contribution in [0.3, 0.4) is 0 Å². The van der Waals surface area contributed by atoms with Gasteiger partial charge in [-0.05, 0) is 62.6 Å². The average Bonchev–Trinajstić information content (AvgIpc) is 3.40. The maximum absolute atomic E-state index is 13.1. The van der Waals surface area contributed by atoms with Gasteiger partial charge in [0.15, 0.2) is 0 Å². The van der Waals surface area contributed by atoms with Gasteiger partial charge in [0.1, 0.15) is 0 Å². The molecule has 0 unspecified atom stereocenters. The van der Waals surface area contributed by atoms with Gasteiger partial charge in [0.2, 0.25) is 0 Å². The number of nitrogens with one attached hydrogen (secondary N) is 1. The number of anilines is 1. The first-order valence-corrected chi connectivity index (χ1v) is 12.6. The number of imide groups is 1. The smallest absolute Gasteiger partial charge is 0.266 e. The van der Waals surface area contributed by atoms with Crippen LogP contribution in [0.4, 0.5) is 5.69 Å². The number of carbonyl (C=O) groups excluding carboxylic acids is 3. The second-order valence-electron chi connectivity index (χ2n) is 8.95. The molecule has 0 atom stereocenters. The first-order chi connectivity index (χ1) is 17.3. The quantitative estimate of drug-likeness (QED) is 0.358. The van der Waals surface area contributed by atoms with Crippen molar-refractivity contribution in [1.29, 1.82) is 0 Å². The fourth-order valence-corrected chi connectivity index (χ4v) is 5.04. The van der Waals surface area contributed by atoms with Gasteiger partial charge in [-0.15, -0.1) is 11.3 Å². The van der Waals surface area contributed by atoms with Crippen molar-refractivity contribution < 1.29 is 14.4 Å². The second kappa shape index (κ2) is 9.51. The molecule has 1 N–H and O–H groups in total. The molecule has 0 aliphatic carbocycles. The zero-order valence-electron chi connectivity index (χ0n) is 20.3. The highest BCUT2D eigenvalue weighted by Gasteiger charge is 2.37. The van der Waals surface area contributed by atoms with Crippen molar-refractivity contribution in [2.24, 2.45) is 0 Å². The largest absolute Gasteiger partial charge is 0.352 e. The Balaban J connectivity index is 1.24. The van der Waals surface area contributed by atoms with Crippen molar-refractivity contribution in [3.05, 3.63) is 104 Å². The number of carbonyl (C=O) groups is 3. The molecule has 0 radical (unpaired) electrons. The summed E-state index contributed by atoms with van der Waals surface area (Å²) in [5.74, 6) is -1.06. The lowest BCUT2D eigenvalue weighted by molar-refractivity contribution is 0.0923. The van der Waals surface area contributed by atoms with Crippen molar-refractivity contribution in [2.75, 3.05) is 11.4 Å². The molecule has 4 aromatic rings. The van der Waals surface area contributed by atoms with E-state index in [1.165, 1.54) is 11.0 Å². The van der Waals surface area contributed by atoms with Crippen LogP contribution in [0.25, 0.3) is 11.3 Å². The highest BCUT2D eigenvalue weighted by Crippen LogP contribution is 2.31. The molecule has 36 heavy (non-hydrogen) atoms. The van der Waals surface area contributed by atoms with Crippen molar-refractivity contribution in [2.45, 2.75) is 27.2 Å². The van der Waals surface area contributed by atoms with E-state index in [2.05, 4.69) is 10.3 Å². The molecular formula is C29H25N3O3S. The number of hydrogen-bond acceptors (Lipinski definition) is 5. The highest BCUT2D eigenvalue weighted by molar-refractivity contribution is 7.09. The number of rotatable bonds is 6. The van der Waals surface area contributed by atoms with E-state index in [0.717, 1.165) is 33.0 Å². The van der Waals surface area contributed by atoms with E-state index in [1.54, 1.807) is 29.5 Å². The van der Waals surface area contributed by atoms with E-state index in [4.69, 9.17) is 0 Å². The number of hydrogen-bond donors (Lipinski definition) is 1. The lowest BCUT2D eigenvalue weighted by Crippen LogP contribution is -2.30. The van der Waals surface area contributed by atoms with Crippen LogP contribution >= 0.6 is 11.3 Å². The minimum atomic E-state index is -0.410. The number of fused-ring (bicyclic) bond motifs is 1. The molecule has 1 aliphatic heterocycles. The fourth-order valence-electron chi connectivity index (χ4n) is 4.42. The Hall–Kier alpha value is -4.10. The van der Waals surface area contributed by atoms with Crippen LogP contribution in [-0.2, 0) is 6.42 Å². The minimum Gasteiger partial charge on any atom is -0.352 e. The second-order valence-corrected chi connectivity index (χ2v) is 10.0. The molecule has 2 heterocycles. The van der Waals surface area contributed by atoms with E-state index >= 15 is 0 Å². The third kappa shape index (κ3) is 4.45. The zero-order chi connectivity index (χ0) is 25.4. The Kier molecular flexibility index (Phi) is 6.24. The van der Waals surface area contributed by atoms with E-state index in [1.807, 2.05) is 62.5 Å². The van der Waals surface area contributed by atoms with E-state index in [9.17, 15) is 14.4 Å². The van der Waals surface area contributed by atoms with Gasteiger partial charge in [-0.2, -0.15) is 0 Å². The van der Waals surface area contributed by atoms with Gasteiger partial charge in [-0.3, -0.25) is 14.4 Å². The Morgan fingerprint density at radius 1 is 0.917 bits per heavy atom. The van der Waals surface area contributed by atoms with Crippen LogP contribution in [0.2, 0.25) is 0 Å². The molecule has 1 aromatic heterocycles. The van der Waals surface area contributed by atoms with Crippen LogP contribution in [0.5, 0.6) is 0 Å². The summed E-state index contributed by atoms with van der Waals surface area (Å²) in [6.45, 7) is 6.27. The standard InChI is InChI=1S/C29H25N3O3S/c1-17-4-11-26(18(2)14-17)32-28(34)23-10-9-22(15-24(23)29(32)35)27(33)30-13-12-20-5-7-21(8-6-20)25-16-36-19(3)31-25/h4-11,14-16H,12-13H2,1-3H3,(H,30,33). The summed E-state index contributed by atoms with van der Waals surface area (Å²) in [7, 11) is 0. The maximum atomic E-state index is 13.1. The van der Waals surface area contributed by atoms with Crippen LogP contribution in [0.1, 0.15) is 52.8 Å². The first-order valence-electron chi connectivity index (χ1n) is 11.7. The highest BCUT2D eigenvalue weighted by atomic mass is 32.1. The number of thiazole rings is 1. The third-order valence-corrected chi connectivity index (χ3v) is 7.08. The summed E-state index contributed by atoms with van der Waals surface area (Å²) in [6.07, 6.45) is 0.672. The van der Waals surface area contributed by atoms with Crippen molar-refractivity contribution >= 4 is 34.7 Å². The molecular weight excluding hydrogens is 470 g/mol. The molecule has 6 nitrogen and oxygen atoms in total. The van der Waals surface area contributed by atoms with Crippen molar-refractivity contribution in [1.82, 2.24) is 10.3 Å². The molecule has 0 spiro atoms. The molecule has 5 rings (SSSR count). The summed E-state index contributed by atoms with van der Waals surface area (Å²) in [5.41, 5.74) is 6.52. The first kappa shape index (κ1) is 23.6. The third-order valence-electron chi connectivity index (χ3n) is 6.31. The topological polar surface area (TPSA) is 79.4 Å². The molecule has 0 saturated heterocycles. The monoisotopic (exact) mass is 495 g/mol. The Labute approximate surface area is 213 Å². The molecule has 0 fully saturated rings. The number of aromatic nitrogens is 1. The molecule has 0 bridgehead atoms. The van der Waals surface area contributed by atoms with Gasteiger partial charge in [0.25, 0.3) is 17.7 Å². The SMILES string of the molecule is Cc1ccc(N2C(=O)c3ccc(C(=O)NCCc4ccc(-c5csc(C)n5)cc4)cc3C2=O)c(C)c1. The molecule has 1 aliphatic rings. The van der Waals surface area contributed by atoms with E-state index in [-0.39, 0.29) is 17.4 Å². The molecule has 3 aromatic carbocycles. The van der Waals surface area contributed by atoms with Crippen LogP contribution in [-0.4, -0.2) is 29.3 Å². The summed E-state index contributed by atoms with van der Waals surface area (Å²) < 4.78 is 0. The van der Waals surface area contributed by atoms with Crippen LogP contribution in [0.15, 0.2) is 66.0 Å². The summed E-state index contributed by atoms with van der Waals surface area (Å²) in [4.78, 5) is 44.6. The lowest BCUT2D eigenvalue weighted by atomic mass is 10.0. The number of nitrogens with zero attached hydrogens (tertiary/aromatic N) is 2. The predicted octanol–water partition coefficient (Wildman–Crippen LogP) is 5.51. The van der Waals surface area contributed by atoms with Crippen molar-refractivity contribution in [3.63, 3.8) is 0 Å². The average molecular weight is 496 g/mol.